The molecule has 82 valence electrons. The van der Waals surface area contributed by atoms with Gasteiger partial charge in [-0.3, -0.25) is 0 Å². The van der Waals surface area contributed by atoms with Crippen LogP contribution >= 0.6 is 11.3 Å². The Morgan fingerprint density at radius 2 is 1.75 bits per heavy atom. The maximum atomic E-state index is 9.05. The Balaban J connectivity index is 2.39. The molecule has 0 aliphatic carbocycles. The van der Waals surface area contributed by atoms with Crippen LogP contribution in [0, 0.1) is 13.8 Å². The van der Waals surface area contributed by atoms with Crippen molar-refractivity contribution in [2.24, 2.45) is 0 Å². The second kappa shape index (κ2) is 4.41. The lowest BCUT2D eigenvalue weighted by Crippen LogP contribution is -2.26. The molecule has 0 fully saturated rings. The van der Waals surface area contributed by atoms with Crippen LogP contribution in [0.15, 0.2) is 30.3 Å². The summed E-state index contributed by atoms with van der Waals surface area (Å²) < 4.78 is 0.577. The maximum Gasteiger partial charge on any atom is 0.499 e. The largest absolute Gasteiger partial charge is 0.499 e. The summed E-state index contributed by atoms with van der Waals surface area (Å²) in [7, 11) is -1.37. The van der Waals surface area contributed by atoms with E-state index in [1.807, 2.05) is 6.07 Å². The van der Waals surface area contributed by atoms with Crippen LogP contribution in [0.4, 0.5) is 0 Å². The smallest absolute Gasteiger partial charge is 0.423 e. The molecule has 0 spiro atoms. The van der Waals surface area contributed by atoms with E-state index in [4.69, 9.17) is 10.0 Å². The van der Waals surface area contributed by atoms with E-state index in [-0.39, 0.29) is 0 Å². The molecule has 0 radical (unpaired) electrons. The van der Waals surface area contributed by atoms with Gasteiger partial charge in [0.25, 0.3) is 0 Å². The van der Waals surface area contributed by atoms with E-state index in [2.05, 4.69) is 32.0 Å². The summed E-state index contributed by atoms with van der Waals surface area (Å²) in [5, 5.41) is 18.1. The molecule has 1 aromatic carbocycles. The van der Waals surface area contributed by atoms with E-state index < -0.39 is 7.12 Å². The molecule has 0 amide bonds. The zero-order chi connectivity index (χ0) is 11.7. The number of rotatable bonds is 2. The van der Waals surface area contributed by atoms with Gasteiger partial charge in [0.15, 0.2) is 0 Å². The van der Waals surface area contributed by atoms with Gasteiger partial charge in [0.05, 0.1) is 0 Å². The van der Waals surface area contributed by atoms with Gasteiger partial charge in [-0.2, -0.15) is 0 Å². The quantitative estimate of drug-likeness (QED) is 0.774. The highest BCUT2D eigenvalue weighted by molar-refractivity contribution is 7.24. The summed E-state index contributed by atoms with van der Waals surface area (Å²) in [4.78, 5) is 1.06. The fraction of sp³-hybridized carbons (Fsp3) is 0.167. The molecule has 2 N–H and O–H groups in total. The van der Waals surface area contributed by atoms with Gasteiger partial charge in [-0.25, -0.2) is 0 Å². The average Bonchev–Trinajstić information content (AvgIpc) is 2.71. The van der Waals surface area contributed by atoms with Gasteiger partial charge < -0.3 is 10.0 Å². The third-order valence-corrected chi connectivity index (χ3v) is 3.85. The van der Waals surface area contributed by atoms with Crippen molar-refractivity contribution in [2.75, 3.05) is 0 Å². The van der Waals surface area contributed by atoms with Crippen LogP contribution in [0.25, 0.3) is 10.4 Å². The van der Waals surface area contributed by atoms with Crippen molar-refractivity contribution in [1.29, 1.82) is 0 Å². The molecule has 0 aliphatic heterocycles. The normalized spacial score (nSPS) is 10.5. The molecule has 2 nitrogen and oxygen atoms in total. The summed E-state index contributed by atoms with van der Waals surface area (Å²) in [6.45, 7) is 4.16. The predicted molar refractivity (Wildman–Crippen MR) is 69.1 cm³/mol. The first-order chi connectivity index (χ1) is 7.58. The summed E-state index contributed by atoms with van der Waals surface area (Å²) in [6.07, 6.45) is 0. The average molecular weight is 232 g/mol. The first-order valence-electron chi connectivity index (χ1n) is 5.11. The van der Waals surface area contributed by atoms with Crippen LogP contribution in [-0.4, -0.2) is 17.2 Å². The van der Waals surface area contributed by atoms with E-state index in [0.717, 1.165) is 10.4 Å². The van der Waals surface area contributed by atoms with Crippen molar-refractivity contribution >= 4 is 23.2 Å². The molecule has 0 atom stereocenters. The molecule has 0 aliphatic rings. The Labute approximate surface area is 99.3 Å². The third kappa shape index (κ3) is 2.19. The first kappa shape index (κ1) is 11.4. The van der Waals surface area contributed by atoms with Crippen LogP contribution < -0.4 is 4.78 Å². The predicted octanol–water partition coefficient (Wildman–Crippen LogP) is 1.71. The number of thiophene rings is 1. The molecule has 2 aromatic rings. The van der Waals surface area contributed by atoms with E-state index in [9.17, 15) is 0 Å². The minimum atomic E-state index is -1.37. The van der Waals surface area contributed by atoms with Crippen molar-refractivity contribution in [3.63, 3.8) is 0 Å². The van der Waals surface area contributed by atoms with Gasteiger partial charge in [0.1, 0.15) is 0 Å². The fourth-order valence-corrected chi connectivity index (χ4v) is 2.42. The number of benzene rings is 1. The molecule has 0 saturated carbocycles. The van der Waals surface area contributed by atoms with E-state index in [0.29, 0.717) is 4.78 Å². The molecule has 2 rings (SSSR count). The van der Waals surface area contributed by atoms with Crippen molar-refractivity contribution in [2.45, 2.75) is 13.8 Å². The standard InChI is InChI=1S/C12H13BO2S/c1-8-3-4-10(7-9(8)2)11-5-6-12(16-11)13(14)15/h3-7,14-15H,1-2H3. The summed E-state index contributed by atoms with van der Waals surface area (Å²) in [5.74, 6) is 0. The molecule has 1 heterocycles. The lowest BCUT2D eigenvalue weighted by atomic mass is 9.90. The van der Waals surface area contributed by atoms with Crippen LogP contribution in [0.3, 0.4) is 0 Å². The van der Waals surface area contributed by atoms with Gasteiger partial charge in [-0.15, -0.1) is 11.3 Å². The topological polar surface area (TPSA) is 40.5 Å². The Morgan fingerprint density at radius 3 is 2.31 bits per heavy atom. The maximum absolute atomic E-state index is 9.05. The monoisotopic (exact) mass is 232 g/mol. The highest BCUT2D eigenvalue weighted by Gasteiger charge is 2.14. The van der Waals surface area contributed by atoms with Crippen LogP contribution in [0.5, 0.6) is 0 Å². The van der Waals surface area contributed by atoms with Crippen molar-refractivity contribution in [3.8, 4) is 10.4 Å². The minimum absolute atomic E-state index is 0.577. The Hall–Kier alpha value is -1.10. The molecule has 1 aromatic heterocycles. The lowest BCUT2D eigenvalue weighted by molar-refractivity contribution is 0.427. The zero-order valence-corrected chi connectivity index (χ0v) is 10.1. The third-order valence-electron chi connectivity index (χ3n) is 2.67. The summed E-state index contributed by atoms with van der Waals surface area (Å²) in [5.41, 5.74) is 3.64. The Morgan fingerprint density at radius 1 is 1.00 bits per heavy atom. The molecule has 0 saturated heterocycles. The highest BCUT2D eigenvalue weighted by atomic mass is 32.1. The SMILES string of the molecule is Cc1ccc(-c2ccc(B(O)O)s2)cc1C. The van der Waals surface area contributed by atoms with Crippen LogP contribution in [0.2, 0.25) is 0 Å². The molecule has 16 heavy (non-hydrogen) atoms. The van der Waals surface area contributed by atoms with E-state index in [1.165, 1.54) is 22.5 Å². The van der Waals surface area contributed by atoms with Crippen molar-refractivity contribution in [3.05, 3.63) is 41.5 Å². The van der Waals surface area contributed by atoms with Crippen LogP contribution in [-0.2, 0) is 0 Å². The Bertz CT molecular complexity index is 505. The van der Waals surface area contributed by atoms with Crippen LogP contribution in [0.1, 0.15) is 11.1 Å². The van der Waals surface area contributed by atoms with E-state index in [1.54, 1.807) is 6.07 Å². The van der Waals surface area contributed by atoms with Gasteiger partial charge in [-0.1, -0.05) is 24.3 Å². The highest BCUT2D eigenvalue weighted by Crippen LogP contribution is 2.25. The zero-order valence-electron chi connectivity index (χ0n) is 9.27. The van der Waals surface area contributed by atoms with Gasteiger partial charge in [0.2, 0.25) is 0 Å². The molecular formula is C12H13BO2S. The van der Waals surface area contributed by atoms with Crippen molar-refractivity contribution < 1.29 is 10.0 Å². The molecule has 4 heteroatoms. The first-order valence-corrected chi connectivity index (χ1v) is 5.93. The molecular weight excluding hydrogens is 219 g/mol. The molecule has 0 bridgehead atoms. The lowest BCUT2D eigenvalue weighted by Gasteiger charge is -2.02. The van der Waals surface area contributed by atoms with Gasteiger partial charge >= 0.3 is 7.12 Å². The van der Waals surface area contributed by atoms with E-state index >= 15 is 0 Å². The van der Waals surface area contributed by atoms with Crippen molar-refractivity contribution in [1.82, 2.24) is 0 Å². The second-order valence-electron chi connectivity index (χ2n) is 3.87. The summed E-state index contributed by atoms with van der Waals surface area (Å²) in [6, 6.07) is 9.93. The fourth-order valence-electron chi connectivity index (χ4n) is 1.54. The second-order valence-corrected chi connectivity index (χ2v) is 4.99. The molecule has 0 unspecified atom stereocenters. The summed E-state index contributed by atoms with van der Waals surface area (Å²) >= 11 is 1.41. The Kier molecular flexibility index (Phi) is 3.14. The van der Waals surface area contributed by atoms with Gasteiger partial charge in [-0.05, 0) is 36.6 Å². The number of hydrogen-bond acceptors (Lipinski definition) is 3. The minimum Gasteiger partial charge on any atom is -0.423 e. The van der Waals surface area contributed by atoms with Gasteiger partial charge in [0, 0.05) is 9.65 Å². The number of hydrogen-bond donors (Lipinski definition) is 2. The number of aryl methyl sites for hydroxylation is 2.